The molecule has 1 saturated carbocycles. The van der Waals surface area contributed by atoms with Crippen molar-refractivity contribution in [3.05, 3.63) is 12.7 Å². The first-order valence-electron chi connectivity index (χ1n) is 6.00. The molecule has 0 heterocycles. The van der Waals surface area contributed by atoms with Gasteiger partial charge in [0.1, 0.15) is 5.60 Å². The van der Waals surface area contributed by atoms with E-state index in [2.05, 4.69) is 20.4 Å². The van der Waals surface area contributed by atoms with Crippen LogP contribution < -0.4 is 0 Å². The van der Waals surface area contributed by atoms with Crippen LogP contribution in [-0.2, 0) is 9.53 Å². The zero-order valence-electron chi connectivity index (χ0n) is 9.92. The van der Waals surface area contributed by atoms with E-state index in [1.54, 1.807) is 0 Å². The quantitative estimate of drug-likeness (QED) is 0.513. The SMILES string of the molecule is C=CC(=O)OC1(CCCC)CCCC1C. The summed E-state index contributed by atoms with van der Waals surface area (Å²) >= 11 is 0. The molecule has 0 amide bonds. The molecule has 0 aliphatic heterocycles. The topological polar surface area (TPSA) is 26.3 Å². The average molecular weight is 210 g/mol. The molecule has 0 aromatic carbocycles. The molecule has 0 N–H and O–H groups in total. The van der Waals surface area contributed by atoms with Crippen molar-refractivity contribution in [1.82, 2.24) is 0 Å². The second-order valence-electron chi connectivity index (χ2n) is 4.59. The number of carbonyl (C=O) groups is 1. The third kappa shape index (κ3) is 2.83. The number of hydrogen-bond acceptors (Lipinski definition) is 2. The number of unbranched alkanes of at least 4 members (excludes halogenated alkanes) is 1. The third-order valence-corrected chi connectivity index (χ3v) is 3.56. The van der Waals surface area contributed by atoms with Crippen LogP contribution in [0.5, 0.6) is 0 Å². The summed E-state index contributed by atoms with van der Waals surface area (Å²) in [6.07, 6.45) is 7.94. The van der Waals surface area contributed by atoms with Crippen LogP contribution in [0.15, 0.2) is 12.7 Å². The molecule has 2 unspecified atom stereocenters. The predicted molar refractivity (Wildman–Crippen MR) is 61.6 cm³/mol. The minimum Gasteiger partial charge on any atom is -0.456 e. The van der Waals surface area contributed by atoms with Crippen LogP contribution in [0.1, 0.15) is 52.4 Å². The molecule has 2 atom stereocenters. The fourth-order valence-corrected chi connectivity index (χ4v) is 2.51. The van der Waals surface area contributed by atoms with E-state index in [0.29, 0.717) is 5.92 Å². The number of esters is 1. The van der Waals surface area contributed by atoms with Crippen LogP contribution >= 0.6 is 0 Å². The first-order chi connectivity index (χ1) is 7.14. The molecule has 0 aromatic rings. The van der Waals surface area contributed by atoms with Crippen molar-refractivity contribution in [1.29, 1.82) is 0 Å². The predicted octanol–water partition coefficient (Wildman–Crippen LogP) is 3.46. The first-order valence-corrected chi connectivity index (χ1v) is 6.00. The van der Waals surface area contributed by atoms with Gasteiger partial charge >= 0.3 is 5.97 Å². The highest BCUT2D eigenvalue weighted by Gasteiger charge is 2.42. The maximum atomic E-state index is 11.3. The van der Waals surface area contributed by atoms with Gasteiger partial charge in [0.15, 0.2) is 0 Å². The van der Waals surface area contributed by atoms with Crippen LogP contribution in [0.25, 0.3) is 0 Å². The van der Waals surface area contributed by atoms with Crippen LogP contribution in [0.2, 0.25) is 0 Å². The molecule has 0 radical (unpaired) electrons. The maximum absolute atomic E-state index is 11.3. The summed E-state index contributed by atoms with van der Waals surface area (Å²) in [6, 6.07) is 0. The highest BCUT2D eigenvalue weighted by Crippen LogP contribution is 2.42. The van der Waals surface area contributed by atoms with Gasteiger partial charge in [0.05, 0.1) is 0 Å². The van der Waals surface area contributed by atoms with Gasteiger partial charge in [0, 0.05) is 6.08 Å². The van der Waals surface area contributed by atoms with E-state index in [4.69, 9.17) is 4.74 Å². The third-order valence-electron chi connectivity index (χ3n) is 3.56. The Balaban J connectivity index is 2.67. The lowest BCUT2D eigenvalue weighted by molar-refractivity contribution is -0.158. The van der Waals surface area contributed by atoms with E-state index in [1.165, 1.54) is 18.9 Å². The van der Waals surface area contributed by atoms with Crippen molar-refractivity contribution in [3.8, 4) is 0 Å². The molecule has 15 heavy (non-hydrogen) atoms. The molecule has 2 nitrogen and oxygen atoms in total. The molecular weight excluding hydrogens is 188 g/mol. The fraction of sp³-hybridized carbons (Fsp3) is 0.769. The Kier molecular flexibility index (Phi) is 4.37. The Morgan fingerprint density at radius 1 is 1.67 bits per heavy atom. The van der Waals surface area contributed by atoms with E-state index < -0.39 is 0 Å². The smallest absolute Gasteiger partial charge is 0.330 e. The highest BCUT2D eigenvalue weighted by molar-refractivity contribution is 5.81. The van der Waals surface area contributed by atoms with Gasteiger partial charge in [-0.15, -0.1) is 0 Å². The van der Waals surface area contributed by atoms with Crippen molar-refractivity contribution in [2.24, 2.45) is 5.92 Å². The molecular formula is C13H22O2. The Labute approximate surface area is 92.7 Å². The zero-order valence-corrected chi connectivity index (χ0v) is 9.92. The molecule has 1 fully saturated rings. The van der Waals surface area contributed by atoms with E-state index in [0.717, 1.165) is 25.7 Å². The highest BCUT2D eigenvalue weighted by atomic mass is 16.6. The van der Waals surface area contributed by atoms with Gasteiger partial charge in [-0.3, -0.25) is 0 Å². The van der Waals surface area contributed by atoms with Gasteiger partial charge in [-0.05, 0) is 38.0 Å². The average Bonchev–Trinajstić information content (AvgIpc) is 2.58. The van der Waals surface area contributed by atoms with E-state index >= 15 is 0 Å². The van der Waals surface area contributed by atoms with Gasteiger partial charge in [-0.25, -0.2) is 4.79 Å². The normalized spacial score (nSPS) is 30.1. The Morgan fingerprint density at radius 3 is 2.87 bits per heavy atom. The summed E-state index contributed by atoms with van der Waals surface area (Å²) in [5.41, 5.74) is -0.193. The Hall–Kier alpha value is -0.790. The molecule has 1 aliphatic rings. The second kappa shape index (κ2) is 5.34. The lowest BCUT2D eigenvalue weighted by atomic mass is 9.87. The lowest BCUT2D eigenvalue weighted by Crippen LogP contribution is -2.37. The van der Waals surface area contributed by atoms with Crippen LogP contribution in [-0.4, -0.2) is 11.6 Å². The summed E-state index contributed by atoms with van der Waals surface area (Å²) < 4.78 is 5.61. The maximum Gasteiger partial charge on any atom is 0.330 e. The number of hydrogen-bond donors (Lipinski definition) is 0. The van der Waals surface area contributed by atoms with Crippen LogP contribution in [0.4, 0.5) is 0 Å². The monoisotopic (exact) mass is 210 g/mol. The summed E-state index contributed by atoms with van der Waals surface area (Å²) in [7, 11) is 0. The van der Waals surface area contributed by atoms with Gasteiger partial charge in [0.2, 0.25) is 0 Å². The summed E-state index contributed by atoms with van der Waals surface area (Å²) in [4.78, 5) is 11.3. The minimum absolute atomic E-state index is 0.193. The van der Waals surface area contributed by atoms with Gasteiger partial charge in [-0.2, -0.15) is 0 Å². The van der Waals surface area contributed by atoms with Crippen molar-refractivity contribution in [2.45, 2.75) is 58.0 Å². The summed E-state index contributed by atoms with van der Waals surface area (Å²) in [6.45, 7) is 7.83. The molecule has 0 saturated heterocycles. The summed E-state index contributed by atoms with van der Waals surface area (Å²) in [5, 5.41) is 0. The second-order valence-corrected chi connectivity index (χ2v) is 4.59. The summed E-state index contributed by atoms with van der Waals surface area (Å²) in [5.74, 6) is 0.229. The van der Waals surface area contributed by atoms with Crippen molar-refractivity contribution < 1.29 is 9.53 Å². The van der Waals surface area contributed by atoms with E-state index in [1.807, 2.05) is 0 Å². The van der Waals surface area contributed by atoms with E-state index in [9.17, 15) is 4.79 Å². The Bertz CT molecular complexity index is 235. The Morgan fingerprint density at radius 2 is 2.40 bits per heavy atom. The minimum atomic E-state index is -0.264. The van der Waals surface area contributed by atoms with Crippen molar-refractivity contribution in [2.75, 3.05) is 0 Å². The molecule has 1 rings (SSSR count). The van der Waals surface area contributed by atoms with Crippen molar-refractivity contribution >= 4 is 5.97 Å². The number of rotatable bonds is 5. The van der Waals surface area contributed by atoms with Gasteiger partial charge in [-0.1, -0.05) is 26.8 Å². The standard InChI is InChI=1S/C13H22O2/c1-4-6-9-13(15-12(14)5-2)10-7-8-11(13)3/h5,11H,2,4,6-10H2,1,3H3. The molecule has 1 aliphatic carbocycles. The number of ether oxygens (including phenoxy) is 1. The van der Waals surface area contributed by atoms with Gasteiger partial charge < -0.3 is 4.74 Å². The van der Waals surface area contributed by atoms with E-state index in [-0.39, 0.29) is 11.6 Å². The molecule has 86 valence electrons. The van der Waals surface area contributed by atoms with Crippen LogP contribution in [0, 0.1) is 5.92 Å². The lowest BCUT2D eigenvalue weighted by Gasteiger charge is -2.33. The largest absolute Gasteiger partial charge is 0.456 e. The number of carbonyl (C=O) groups excluding carboxylic acids is 1. The first kappa shape index (κ1) is 12.3. The fourth-order valence-electron chi connectivity index (χ4n) is 2.51. The zero-order chi connectivity index (χ0) is 11.3. The molecule has 0 bridgehead atoms. The molecule has 2 heteroatoms. The molecule has 0 aromatic heterocycles. The molecule has 0 spiro atoms. The van der Waals surface area contributed by atoms with Crippen LogP contribution in [0.3, 0.4) is 0 Å². The van der Waals surface area contributed by atoms with Gasteiger partial charge in [0.25, 0.3) is 0 Å². The van der Waals surface area contributed by atoms with Crippen molar-refractivity contribution in [3.63, 3.8) is 0 Å².